The van der Waals surface area contributed by atoms with Crippen LogP contribution >= 0.6 is 11.6 Å². The molecule has 0 bridgehead atoms. The van der Waals surface area contributed by atoms with Crippen molar-refractivity contribution >= 4 is 17.4 Å². The summed E-state index contributed by atoms with van der Waals surface area (Å²) in [6.07, 6.45) is 9.22. The maximum absolute atomic E-state index is 5.88. The number of nitrogens with zero attached hydrogens (tertiary/aromatic N) is 2. The average molecular weight is 290 g/mol. The second kappa shape index (κ2) is 6.01. The van der Waals surface area contributed by atoms with Crippen molar-refractivity contribution in [1.82, 2.24) is 9.97 Å². The van der Waals surface area contributed by atoms with Gasteiger partial charge in [0.05, 0.1) is 5.56 Å². The summed E-state index contributed by atoms with van der Waals surface area (Å²) in [6, 6.07) is 0.538. The Balaban J connectivity index is 1.75. The predicted octanol–water partition coefficient (Wildman–Crippen LogP) is 3.88. The van der Waals surface area contributed by atoms with E-state index in [1.807, 2.05) is 0 Å². The largest absolute Gasteiger partial charge is 0.366 e. The summed E-state index contributed by atoms with van der Waals surface area (Å²) >= 11 is 5.88. The van der Waals surface area contributed by atoms with Crippen LogP contribution in [0.15, 0.2) is 6.20 Å². The third-order valence-electron chi connectivity index (χ3n) is 4.02. The summed E-state index contributed by atoms with van der Waals surface area (Å²) in [4.78, 5) is 8.33. The molecule has 2 aliphatic carbocycles. The molecule has 20 heavy (non-hydrogen) atoms. The molecule has 4 heteroatoms. The van der Waals surface area contributed by atoms with Crippen molar-refractivity contribution in [2.24, 2.45) is 11.8 Å². The highest BCUT2D eigenvalue weighted by Gasteiger charge is 2.23. The minimum atomic E-state index is 0.282. The van der Waals surface area contributed by atoms with Gasteiger partial charge in [0.1, 0.15) is 5.82 Å². The lowest BCUT2D eigenvalue weighted by molar-refractivity contribution is 0.333. The highest BCUT2D eigenvalue weighted by Crippen LogP contribution is 2.29. The Bertz CT molecular complexity index is 542. The van der Waals surface area contributed by atoms with Gasteiger partial charge in [0.15, 0.2) is 0 Å². The SMILES string of the molecule is C[C@H]1CCC[C@@H](C#Cc2cnc(Cl)nc2NC2CC2)C1. The first kappa shape index (κ1) is 13.7. The zero-order valence-electron chi connectivity index (χ0n) is 11.8. The van der Waals surface area contributed by atoms with Crippen molar-refractivity contribution in [3.8, 4) is 11.8 Å². The number of nitrogens with one attached hydrogen (secondary N) is 1. The van der Waals surface area contributed by atoms with Crippen LogP contribution in [0.1, 0.15) is 51.0 Å². The van der Waals surface area contributed by atoms with E-state index in [1.54, 1.807) is 6.20 Å². The van der Waals surface area contributed by atoms with Gasteiger partial charge in [0, 0.05) is 18.2 Å². The van der Waals surface area contributed by atoms with Crippen molar-refractivity contribution < 1.29 is 0 Å². The molecule has 2 fully saturated rings. The smallest absolute Gasteiger partial charge is 0.224 e. The predicted molar refractivity (Wildman–Crippen MR) is 81.7 cm³/mol. The van der Waals surface area contributed by atoms with Crippen molar-refractivity contribution in [3.05, 3.63) is 17.0 Å². The minimum Gasteiger partial charge on any atom is -0.366 e. The average Bonchev–Trinajstić information content (AvgIpc) is 3.22. The van der Waals surface area contributed by atoms with Gasteiger partial charge in [0.2, 0.25) is 5.28 Å². The highest BCUT2D eigenvalue weighted by atomic mass is 35.5. The minimum absolute atomic E-state index is 0.282. The molecule has 2 saturated carbocycles. The normalized spacial score (nSPS) is 25.7. The Labute approximate surface area is 125 Å². The molecule has 0 saturated heterocycles. The summed E-state index contributed by atoms with van der Waals surface area (Å²) in [6.45, 7) is 2.32. The fraction of sp³-hybridized carbons (Fsp3) is 0.625. The molecule has 1 N–H and O–H groups in total. The van der Waals surface area contributed by atoms with Gasteiger partial charge in [-0.05, 0) is 43.2 Å². The summed E-state index contributed by atoms with van der Waals surface area (Å²) in [5, 5.41) is 3.67. The number of halogens is 1. The zero-order valence-corrected chi connectivity index (χ0v) is 12.6. The van der Waals surface area contributed by atoms with Gasteiger partial charge in [-0.25, -0.2) is 4.98 Å². The summed E-state index contributed by atoms with van der Waals surface area (Å²) in [7, 11) is 0. The summed E-state index contributed by atoms with van der Waals surface area (Å²) in [5.74, 6) is 8.79. The van der Waals surface area contributed by atoms with Crippen molar-refractivity contribution in [2.45, 2.75) is 51.5 Å². The van der Waals surface area contributed by atoms with Gasteiger partial charge in [0.25, 0.3) is 0 Å². The molecule has 0 aromatic carbocycles. The van der Waals surface area contributed by atoms with E-state index in [0.29, 0.717) is 12.0 Å². The van der Waals surface area contributed by atoms with Crippen LogP contribution in [0.3, 0.4) is 0 Å². The maximum atomic E-state index is 5.88. The molecule has 0 radical (unpaired) electrons. The van der Waals surface area contributed by atoms with Gasteiger partial charge in [-0.1, -0.05) is 31.6 Å². The summed E-state index contributed by atoms with van der Waals surface area (Å²) in [5.41, 5.74) is 0.875. The number of rotatable bonds is 2. The Morgan fingerprint density at radius 3 is 2.90 bits per heavy atom. The molecule has 0 unspecified atom stereocenters. The molecule has 0 aliphatic heterocycles. The van der Waals surface area contributed by atoms with Gasteiger partial charge < -0.3 is 5.32 Å². The van der Waals surface area contributed by atoms with E-state index in [4.69, 9.17) is 11.6 Å². The Kier molecular flexibility index (Phi) is 4.12. The van der Waals surface area contributed by atoms with Crippen LogP contribution in [0, 0.1) is 23.7 Å². The van der Waals surface area contributed by atoms with Crippen LogP contribution in [0.25, 0.3) is 0 Å². The molecular formula is C16H20ClN3. The van der Waals surface area contributed by atoms with E-state index in [9.17, 15) is 0 Å². The monoisotopic (exact) mass is 289 g/mol. The van der Waals surface area contributed by atoms with Crippen LogP contribution in [0.5, 0.6) is 0 Å². The van der Waals surface area contributed by atoms with Gasteiger partial charge in [-0.3, -0.25) is 0 Å². The molecule has 1 aromatic rings. The van der Waals surface area contributed by atoms with Crippen LogP contribution < -0.4 is 5.32 Å². The third-order valence-corrected chi connectivity index (χ3v) is 4.21. The lowest BCUT2D eigenvalue weighted by Crippen LogP contribution is -2.11. The van der Waals surface area contributed by atoms with E-state index < -0.39 is 0 Å². The molecule has 1 aromatic heterocycles. The van der Waals surface area contributed by atoms with Crippen LogP contribution in [-0.4, -0.2) is 16.0 Å². The number of hydrogen-bond donors (Lipinski definition) is 1. The number of hydrogen-bond acceptors (Lipinski definition) is 3. The second-order valence-electron chi connectivity index (χ2n) is 6.06. The van der Waals surface area contributed by atoms with Crippen molar-refractivity contribution in [1.29, 1.82) is 0 Å². The topological polar surface area (TPSA) is 37.8 Å². The van der Waals surface area contributed by atoms with Crippen LogP contribution in [0.4, 0.5) is 5.82 Å². The molecule has 2 atom stereocenters. The van der Waals surface area contributed by atoms with E-state index in [2.05, 4.69) is 34.0 Å². The molecule has 0 amide bonds. The standard InChI is InChI=1S/C16H20ClN3/c1-11-3-2-4-12(9-11)5-6-13-10-18-16(17)20-15(13)19-14-7-8-14/h10-12,14H,2-4,7-9H2,1H3,(H,18,19,20)/t11-,12-/m0/s1. The summed E-state index contributed by atoms with van der Waals surface area (Å²) < 4.78 is 0. The lowest BCUT2D eigenvalue weighted by Gasteiger charge is -2.22. The first-order chi connectivity index (χ1) is 9.70. The number of aromatic nitrogens is 2. The van der Waals surface area contributed by atoms with Crippen molar-refractivity contribution in [2.75, 3.05) is 5.32 Å². The molecule has 106 valence electrons. The third kappa shape index (κ3) is 3.64. The number of anilines is 1. The van der Waals surface area contributed by atoms with Crippen molar-refractivity contribution in [3.63, 3.8) is 0 Å². The first-order valence-electron chi connectivity index (χ1n) is 7.51. The van der Waals surface area contributed by atoms with E-state index in [0.717, 1.165) is 17.3 Å². The Morgan fingerprint density at radius 2 is 2.15 bits per heavy atom. The van der Waals surface area contributed by atoms with Crippen LogP contribution in [0.2, 0.25) is 5.28 Å². The van der Waals surface area contributed by atoms with E-state index in [-0.39, 0.29) is 5.28 Å². The fourth-order valence-corrected chi connectivity index (χ4v) is 2.86. The lowest BCUT2D eigenvalue weighted by atomic mass is 9.83. The Morgan fingerprint density at radius 1 is 1.30 bits per heavy atom. The first-order valence-corrected chi connectivity index (χ1v) is 7.89. The molecule has 3 nitrogen and oxygen atoms in total. The van der Waals surface area contributed by atoms with E-state index >= 15 is 0 Å². The fourth-order valence-electron chi connectivity index (χ4n) is 2.73. The molecule has 1 heterocycles. The molecule has 3 rings (SSSR count). The van der Waals surface area contributed by atoms with E-state index in [1.165, 1.54) is 38.5 Å². The maximum Gasteiger partial charge on any atom is 0.224 e. The van der Waals surface area contributed by atoms with Gasteiger partial charge in [-0.15, -0.1) is 0 Å². The second-order valence-corrected chi connectivity index (χ2v) is 6.40. The van der Waals surface area contributed by atoms with Gasteiger partial charge >= 0.3 is 0 Å². The van der Waals surface area contributed by atoms with Gasteiger partial charge in [-0.2, -0.15) is 4.98 Å². The molecular weight excluding hydrogens is 270 g/mol. The Hall–Kier alpha value is -1.27. The highest BCUT2D eigenvalue weighted by molar-refractivity contribution is 6.28. The molecule has 2 aliphatic rings. The quantitative estimate of drug-likeness (QED) is 0.663. The van der Waals surface area contributed by atoms with Crippen LogP contribution in [-0.2, 0) is 0 Å². The molecule has 0 spiro atoms. The zero-order chi connectivity index (χ0) is 13.9.